The zero-order valence-electron chi connectivity index (χ0n) is 19.3. The van der Waals surface area contributed by atoms with Crippen molar-refractivity contribution in [2.45, 2.75) is 30.8 Å². The summed E-state index contributed by atoms with van der Waals surface area (Å²) in [5.74, 6) is 1.28. The molecule has 0 aromatic heterocycles. The molecule has 0 amide bonds. The van der Waals surface area contributed by atoms with Gasteiger partial charge in [-0.2, -0.15) is 0 Å². The summed E-state index contributed by atoms with van der Waals surface area (Å²) in [6, 6.07) is 26.4. The second kappa shape index (κ2) is 9.77. The lowest BCUT2D eigenvalue weighted by Crippen LogP contribution is -2.59. The Morgan fingerprint density at radius 2 is 1.62 bits per heavy atom. The van der Waals surface area contributed by atoms with Gasteiger partial charge in [0.05, 0.1) is 18.1 Å². The molecule has 3 aromatic rings. The molecule has 2 bridgehead atoms. The van der Waals surface area contributed by atoms with Crippen LogP contribution < -0.4 is 4.74 Å². The fourth-order valence-electron chi connectivity index (χ4n) is 5.68. The van der Waals surface area contributed by atoms with Gasteiger partial charge in [-0.05, 0) is 49.0 Å². The highest BCUT2D eigenvalue weighted by molar-refractivity contribution is 5.85. The number of nitrogens with zero attached hydrogens (tertiary/aromatic N) is 3. The first-order valence-corrected chi connectivity index (χ1v) is 11.9. The van der Waals surface area contributed by atoms with Crippen LogP contribution in [-0.2, 0) is 0 Å². The van der Waals surface area contributed by atoms with Crippen LogP contribution in [0.3, 0.4) is 0 Å². The first-order valence-electron chi connectivity index (χ1n) is 11.9. The molecule has 3 fully saturated rings. The summed E-state index contributed by atoms with van der Waals surface area (Å²) < 4.78 is 5.47. The third kappa shape index (κ3) is 4.33. The van der Waals surface area contributed by atoms with Gasteiger partial charge < -0.3 is 4.74 Å². The molecule has 0 saturated carbocycles. The second-order valence-electron chi connectivity index (χ2n) is 9.12. The Kier molecular flexibility index (Phi) is 6.41. The molecule has 6 rings (SSSR count). The lowest BCUT2D eigenvalue weighted by molar-refractivity contribution is -0.384. The maximum absolute atomic E-state index is 11.3. The number of non-ortho nitro benzene ring substituents is 1. The van der Waals surface area contributed by atoms with Crippen molar-refractivity contribution in [3.63, 3.8) is 0 Å². The molecule has 2 atom stereocenters. The van der Waals surface area contributed by atoms with Gasteiger partial charge in [0, 0.05) is 35.9 Å². The number of nitro groups is 1. The highest BCUT2D eigenvalue weighted by atomic mass is 16.6. The monoisotopic (exact) mass is 455 g/mol. The van der Waals surface area contributed by atoms with Crippen molar-refractivity contribution in [3.8, 4) is 5.75 Å². The fourth-order valence-corrected chi connectivity index (χ4v) is 5.68. The average molecular weight is 456 g/mol. The maximum Gasteiger partial charge on any atom is 0.270 e. The predicted octanol–water partition coefficient (Wildman–Crippen LogP) is 5.32. The first-order chi connectivity index (χ1) is 16.7. The Morgan fingerprint density at radius 3 is 2.18 bits per heavy atom. The number of rotatable bonds is 7. The number of nitro benzene ring substituents is 1. The smallest absolute Gasteiger partial charge is 0.270 e. The number of hydrogen-bond donors (Lipinski definition) is 0. The molecule has 34 heavy (non-hydrogen) atoms. The molecule has 3 heterocycles. The van der Waals surface area contributed by atoms with Crippen LogP contribution in [0.4, 0.5) is 5.69 Å². The summed E-state index contributed by atoms with van der Waals surface area (Å²) in [6.45, 7) is 2.16. The normalized spacial score (nSPS) is 23.9. The summed E-state index contributed by atoms with van der Waals surface area (Å²) in [4.78, 5) is 18.7. The van der Waals surface area contributed by atoms with Gasteiger partial charge in [0.15, 0.2) is 0 Å². The minimum atomic E-state index is -0.380. The van der Waals surface area contributed by atoms with Crippen molar-refractivity contribution in [2.24, 2.45) is 10.9 Å². The molecular weight excluding hydrogens is 426 g/mol. The molecule has 3 aromatic carbocycles. The summed E-state index contributed by atoms with van der Waals surface area (Å²) >= 11 is 0. The van der Waals surface area contributed by atoms with Gasteiger partial charge in [-0.15, -0.1) is 0 Å². The molecule has 6 nitrogen and oxygen atoms in total. The van der Waals surface area contributed by atoms with Gasteiger partial charge in [0.25, 0.3) is 5.69 Å². The Morgan fingerprint density at radius 1 is 1.00 bits per heavy atom. The second-order valence-corrected chi connectivity index (χ2v) is 9.12. The van der Waals surface area contributed by atoms with E-state index in [9.17, 15) is 10.1 Å². The van der Waals surface area contributed by atoms with Crippen LogP contribution in [0.25, 0.3) is 0 Å². The topological polar surface area (TPSA) is 68.0 Å². The summed E-state index contributed by atoms with van der Waals surface area (Å²) in [5.41, 5.74) is 3.26. The Hall–Kier alpha value is -3.51. The first kappa shape index (κ1) is 22.3. The lowest BCUT2D eigenvalue weighted by Gasteiger charge is -2.52. The van der Waals surface area contributed by atoms with E-state index in [-0.39, 0.29) is 28.6 Å². The van der Waals surface area contributed by atoms with Gasteiger partial charge in [-0.3, -0.25) is 20.0 Å². The Bertz CT molecular complexity index is 1120. The molecule has 6 heteroatoms. The number of ether oxygens (including phenoxy) is 1. The van der Waals surface area contributed by atoms with Crippen molar-refractivity contribution in [3.05, 3.63) is 106 Å². The van der Waals surface area contributed by atoms with Gasteiger partial charge in [0.1, 0.15) is 5.75 Å². The molecule has 0 radical (unpaired) electrons. The largest absolute Gasteiger partial charge is 0.496 e. The van der Waals surface area contributed by atoms with Crippen LogP contribution in [0, 0.1) is 16.0 Å². The Labute approximate surface area is 200 Å². The highest BCUT2D eigenvalue weighted by Gasteiger charge is 2.46. The van der Waals surface area contributed by atoms with Gasteiger partial charge >= 0.3 is 0 Å². The predicted molar refractivity (Wildman–Crippen MR) is 134 cm³/mol. The van der Waals surface area contributed by atoms with Crippen LogP contribution in [0.2, 0.25) is 0 Å². The van der Waals surface area contributed by atoms with E-state index >= 15 is 0 Å². The van der Waals surface area contributed by atoms with E-state index in [4.69, 9.17) is 9.73 Å². The molecule has 3 saturated heterocycles. The molecule has 3 aliphatic rings. The third-order valence-corrected chi connectivity index (χ3v) is 7.30. The SMILES string of the molecule is COc1ccc([N+](=O)[O-])cc1C=NC1C2CCN(CC2)C1C(c1ccccc1)c1ccccc1. The van der Waals surface area contributed by atoms with Crippen molar-refractivity contribution in [1.82, 2.24) is 4.90 Å². The number of fused-ring (bicyclic) bond motifs is 3. The van der Waals surface area contributed by atoms with Crippen molar-refractivity contribution in [2.75, 3.05) is 20.2 Å². The highest BCUT2D eigenvalue weighted by Crippen LogP contribution is 2.43. The van der Waals surface area contributed by atoms with Crippen LogP contribution >= 0.6 is 0 Å². The van der Waals surface area contributed by atoms with E-state index in [1.54, 1.807) is 25.5 Å². The summed E-state index contributed by atoms with van der Waals surface area (Å²) in [7, 11) is 1.58. The van der Waals surface area contributed by atoms with E-state index in [1.165, 1.54) is 17.2 Å². The van der Waals surface area contributed by atoms with Crippen LogP contribution in [0.5, 0.6) is 5.75 Å². The molecule has 174 valence electrons. The molecule has 0 N–H and O–H groups in total. The maximum atomic E-state index is 11.3. The van der Waals surface area contributed by atoms with Gasteiger partial charge in [-0.25, -0.2) is 0 Å². The van der Waals surface area contributed by atoms with E-state index in [2.05, 4.69) is 65.6 Å². The number of piperidine rings is 3. The minimum Gasteiger partial charge on any atom is -0.496 e. The number of hydrogen-bond acceptors (Lipinski definition) is 5. The average Bonchev–Trinajstić information content (AvgIpc) is 2.89. The molecular formula is C28H29N3O3. The van der Waals surface area contributed by atoms with Crippen molar-refractivity contribution >= 4 is 11.9 Å². The zero-order valence-corrected chi connectivity index (χ0v) is 19.3. The summed E-state index contributed by atoms with van der Waals surface area (Å²) in [6.07, 6.45) is 4.04. The lowest BCUT2D eigenvalue weighted by atomic mass is 9.71. The van der Waals surface area contributed by atoms with E-state index in [1.807, 2.05) is 0 Å². The van der Waals surface area contributed by atoms with Gasteiger partial charge in [-0.1, -0.05) is 60.7 Å². The van der Waals surface area contributed by atoms with E-state index < -0.39 is 0 Å². The van der Waals surface area contributed by atoms with Crippen molar-refractivity contribution < 1.29 is 9.66 Å². The van der Waals surface area contributed by atoms with Gasteiger partial charge in [0.2, 0.25) is 0 Å². The molecule has 0 aliphatic carbocycles. The van der Waals surface area contributed by atoms with E-state index in [0.29, 0.717) is 17.2 Å². The third-order valence-electron chi connectivity index (χ3n) is 7.30. The zero-order chi connectivity index (χ0) is 23.5. The molecule has 2 unspecified atom stereocenters. The van der Waals surface area contributed by atoms with Crippen LogP contribution in [-0.4, -0.2) is 48.3 Å². The van der Waals surface area contributed by atoms with Crippen LogP contribution in [0.15, 0.2) is 83.9 Å². The quantitative estimate of drug-likeness (QED) is 0.275. The summed E-state index contributed by atoms with van der Waals surface area (Å²) in [5, 5.41) is 11.3. The Balaban J connectivity index is 1.56. The molecule has 3 aliphatic heterocycles. The van der Waals surface area contributed by atoms with E-state index in [0.717, 1.165) is 25.9 Å². The van der Waals surface area contributed by atoms with Crippen molar-refractivity contribution in [1.29, 1.82) is 0 Å². The molecule has 0 spiro atoms. The standard InChI is InChI=1S/C28H29N3O3/c1-34-25-13-12-24(31(32)33)18-23(25)19-29-27-22-14-16-30(17-15-22)28(27)26(20-8-4-2-5-9-20)21-10-6-3-7-11-21/h2-13,18-19,22,26-28H,14-17H2,1H3. The number of methoxy groups -OCH3 is 1. The number of aliphatic imine (C=N–C) groups is 1. The fraction of sp³-hybridized carbons (Fsp3) is 0.321. The number of benzene rings is 3. The van der Waals surface area contributed by atoms with Crippen LogP contribution in [0.1, 0.15) is 35.4 Å². The minimum absolute atomic E-state index is 0.0409.